The molecular weight excluding hydrogens is 738 g/mol. The second kappa shape index (κ2) is 20.7. The van der Waals surface area contributed by atoms with E-state index in [4.69, 9.17) is 9.84 Å². The van der Waals surface area contributed by atoms with Gasteiger partial charge in [-0.3, -0.25) is 9.59 Å². The van der Waals surface area contributed by atoms with Gasteiger partial charge in [0.1, 0.15) is 11.5 Å². The van der Waals surface area contributed by atoms with Crippen LogP contribution in [0, 0.1) is 0 Å². The van der Waals surface area contributed by atoms with E-state index in [1.807, 2.05) is 41.3 Å². The number of hydrogen-bond donors (Lipinski definition) is 2. The number of methoxy groups -OCH3 is 1. The molecule has 0 heterocycles. The molecule has 0 atom stereocenters. The van der Waals surface area contributed by atoms with Gasteiger partial charge < -0.3 is 24.7 Å². The number of carbonyl (C=O) groups is 3. The van der Waals surface area contributed by atoms with Gasteiger partial charge in [-0.05, 0) is 103 Å². The summed E-state index contributed by atoms with van der Waals surface area (Å²) in [5.41, 5.74) is 0.614. The summed E-state index contributed by atoms with van der Waals surface area (Å²) < 4.78 is 44.5. The third-order valence-electron chi connectivity index (χ3n) is 8.54. The average Bonchev–Trinajstić information content (AvgIpc) is 4.00. The Kier molecular flexibility index (Phi) is 16.2. The van der Waals surface area contributed by atoms with Crippen LogP contribution < -0.4 is 4.74 Å². The number of rotatable bonds is 17. The molecule has 1 aliphatic carbocycles. The van der Waals surface area contributed by atoms with E-state index in [2.05, 4.69) is 0 Å². The van der Waals surface area contributed by atoms with Gasteiger partial charge in [-0.25, -0.2) is 4.79 Å². The molecule has 0 unspecified atom stereocenters. The molecule has 4 aromatic carbocycles. The number of ether oxygens (including phenoxy) is 1. The molecule has 288 valence electrons. The fraction of sp³-hybridized carbons (Fsp3) is 0.341. The fourth-order valence-electron chi connectivity index (χ4n) is 5.50. The van der Waals surface area contributed by atoms with Gasteiger partial charge in [-0.1, -0.05) is 36.4 Å². The summed E-state index contributed by atoms with van der Waals surface area (Å²) in [6.45, 7) is 0.525. The number of alkyl halides is 3. The molecule has 1 aliphatic rings. The Morgan fingerprint density at radius 2 is 1.30 bits per heavy atom. The zero-order valence-electron chi connectivity index (χ0n) is 30.3. The van der Waals surface area contributed by atoms with Crippen molar-refractivity contribution in [1.29, 1.82) is 0 Å². The summed E-state index contributed by atoms with van der Waals surface area (Å²) in [5, 5.41) is 18.2. The summed E-state index contributed by atoms with van der Waals surface area (Å²) in [5.74, 6) is 1.67. The molecule has 1 fully saturated rings. The van der Waals surface area contributed by atoms with Gasteiger partial charge in [0.15, 0.2) is 0 Å². The summed E-state index contributed by atoms with van der Waals surface area (Å²) in [6.07, 6.45) is -0.0454. The van der Waals surface area contributed by atoms with Crippen LogP contribution in [-0.4, -0.2) is 69.5 Å². The number of phenols is 1. The molecular formula is C41H45F3N2O6S2. The zero-order chi connectivity index (χ0) is 39.1. The van der Waals surface area contributed by atoms with Gasteiger partial charge in [0.25, 0.3) is 0 Å². The number of aromatic hydroxyl groups is 1. The molecule has 0 aliphatic heterocycles. The fourth-order valence-corrected chi connectivity index (χ4v) is 7.21. The molecule has 1 saturated carbocycles. The third kappa shape index (κ3) is 13.7. The van der Waals surface area contributed by atoms with Crippen molar-refractivity contribution < 1.29 is 42.5 Å². The van der Waals surface area contributed by atoms with E-state index in [0.717, 1.165) is 52.2 Å². The molecule has 2 amide bonds. The minimum atomic E-state index is -4.45. The van der Waals surface area contributed by atoms with Gasteiger partial charge in [-0.2, -0.15) is 13.2 Å². The number of carboxylic acids is 1. The molecule has 2 N–H and O–H groups in total. The van der Waals surface area contributed by atoms with Crippen LogP contribution in [0.4, 0.5) is 13.2 Å². The standard InChI is InChI=1S/C21H25NO3S.C20H20F3NO3S/c1-25-20-6-3-2-5-16(20)15-22(17-8-9-17)21(24)7-4-14-26-19-12-10-18(23)11-13-19;1-24(13-15-5-2-3-6-17(15)20(21,22)23)18(25)7-4-12-28-16-10-8-14(9-11-16)19(26)27/h2-3,5-6,10-13,17,23H,4,7-9,14-15H2,1H3;2-3,5-6,8-11H,4,7,12-13H2,1H3,(H,26,27). The normalized spacial score (nSPS) is 12.3. The number of hydrogen-bond acceptors (Lipinski definition) is 7. The highest BCUT2D eigenvalue weighted by Gasteiger charge is 2.34. The lowest BCUT2D eigenvalue weighted by Crippen LogP contribution is -2.32. The zero-order valence-corrected chi connectivity index (χ0v) is 31.9. The average molecular weight is 783 g/mol. The Morgan fingerprint density at radius 3 is 1.85 bits per heavy atom. The van der Waals surface area contributed by atoms with E-state index in [1.54, 1.807) is 43.1 Å². The first-order chi connectivity index (χ1) is 25.8. The largest absolute Gasteiger partial charge is 0.508 e. The van der Waals surface area contributed by atoms with Crippen molar-refractivity contribution in [2.75, 3.05) is 25.7 Å². The molecule has 0 spiro atoms. The number of phenolic OH excluding ortho intramolecular Hbond substituents is 1. The van der Waals surface area contributed by atoms with Crippen molar-refractivity contribution in [3.63, 3.8) is 0 Å². The number of thioether (sulfide) groups is 2. The SMILES string of the molecule is CN(Cc1ccccc1C(F)(F)F)C(=O)CCCSc1ccc(C(=O)O)cc1.COc1ccccc1CN(C(=O)CCCSc1ccc(O)cc1)C1CC1. The van der Waals surface area contributed by atoms with Gasteiger partial charge in [0.2, 0.25) is 11.8 Å². The highest BCUT2D eigenvalue weighted by molar-refractivity contribution is 7.99. The van der Waals surface area contributed by atoms with Crippen molar-refractivity contribution >= 4 is 41.3 Å². The summed E-state index contributed by atoms with van der Waals surface area (Å²) >= 11 is 3.21. The number of amides is 2. The van der Waals surface area contributed by atoms with Crippen LogP contribution in [0.15, 0.2) is 107 Å². The molecule has 0 aromatic heterocycles. The van der Waals surface area contributed by atoms with E-state index in [1.165, 1.54) is 54.0 Å². The van der Waals surface area contributed by atoms with E-state index >= 15 is 0 Å². The second-order valence-electron chi connectivity index (χ2n) is 12.7. The number of benzene rings is 4. The number of carboxylic acid groups (broad SMARTS) is 1. The van der Waals surface area contributed by atoms with Crippen molar-refractivity contribution in [3.8, 4) is 11.5 Å². The van der Waals surface area contributed by atoms with Crippen LogP contribution in [0.25, 0.3) is 0 Å². The maximum Gasteiger partial charge on any atom is 0.416 e. The number of carbonyl (C=O) groups excluding carboxylic acids is 2. The van der Waals surface area contributed by atoms with Crippen molar-refractivity contribution in [3.05, 3.63) is 119 Å². The minimum absolute atomic E-state index is 0.0683. The van der Waals surface area contributed by atoms with Gasteiger partial charge in [-0.15, -0.1) is 23.5 Å². The molecule has 8 nitrogen and oxygen atoms in total. The predicted molar refractivity (Wildman–Crippen MR) is 206 cm³/mol. The van der Waals surface area contributed by atoms with Crippen LogP contribution in [0.5, 0.6) is 11.5 Å². The van der Waals surface area contributed by atoms with Crippen LogP contribution in [-0.2, 0) is 28.9 Å². The Bertz CT molecular complexity index is 1820. The monoisotopic (exact) mass is 782 g/mol. The first kappa shape index (κ1) is 42.1. The topological polar surface area (TPSA) is 107 Å². The molecule has 0 bridgehead atoms. The molecule has 13 heteroatoms. The number of halogens is 3. The second-order valence-corrected chi connectivity index (χ2v) is 15.0. The minimum Gasteiger partial charge on any atom is -0.508 e. The van der Waals surface area contributed by atoms with E-state index < -0.39 is 17.7 Å². The highest BCUT2D eigenvalue weighted by Crippen LogP contribution is 2.33. The number of para-hydroxylation sites is 1. The number of nitrogens with zero attached hydrogens (tertiary/aromatic N) is 2. The quantitative estimate of drug-likeness (QED) is 0.0807. The van der Waals surface area contributed by atoms with Crippen molar-refractivity contribution in [2.24, 2.45) is 0 Å². The maximum absolute atomic E-state index is 13.0. The molecule has 4 aromatic rings. The Balaban J connectivity index is 0.000000241. The lowest BCUT2D eigenvalue weighted by atomic mass is 10.1. The first-order valence-electron chi connectivity index (χ1n) is 17.5. The van der Waals surface area contributed by atoms with Gasteiger partial charge in [0, 0.05) is 54.4 Å². The lowest BCUT2D eigenvalue weighted by molar-refractivity contribution is -0.139. The van der Waals surface area contributed by atoms with E-state index in [9.17, 15) is 32.7 Å². The molecule has 54 heavy (non-hydrogen) atoms. The van der Waals surface area contributed by atoms with E-state index in [-0.39, 0.29) is 41.7 Å². The molecule has 0 radical (unpaired) electrons. The Labute approximate surface area is 322 Å². The van der Waals surface area contributed by atoms with Crippen LogP contribution in [0.1, 0.15) is 65.6 Å². The van der Waals surface area contributed by atoms with Crippen molar-refractivity contribution in [2.45, 2.75) is 73.6 Å². The maximum atomic E-state index is 13.0. The smallest absolute Gasteiger partial charge is 0.416 e. The number of aromatic carboxylic acids is 1. The van der Waals surface area contributed by atoms with Crippen LogP contribution >= 0.6 is 23.5 Å². The van der Waals surface area contributed by atoms with Crippen LogP contribution in [0.2, 0.25) is 0 Å². The summed E-state index contributed by atoms with van der Waals surface area (Å²) in [7, 11) is 3.16. The molecule has 5 rings (SSSR count). The van der Waals surface area contributed by atoms with Gasteiger partial charge in [0.05, 0.1) is 18.2 Å². The summed E-state index contributed by atoms with van der Waals surface area (Å²) in [4.78, 5) is 41.1. The van der Waals surface area contributed by atoms with Gasteiger partial charge >= 0.3 is 12.1 Å². The lowest BCUT2D eigenvalue weighted by Gasteiger charge is -2.23. The highest BCUT2D eigenvalue weighted by atomic mass is 32.2. The van der Waals surface area contributed by atoms with E-state index in [0.29, 0.717) is 31.2 Å². The predicted octanol–water partition coefficient (Wildman–Crippen LogP) is 9.40. The van der Waals surface area contributed by atoms with Crippen molar-refractivity contribution in [1.82, 2.24) is 9.80 Å². The third-order valence-corrected chi connectivity index (χ3v) is 10.7. The summed E-state index contributed by atoms with van der Waals surface area (Å²) in [6, 6.07) is 27.2. The Hall–Kier alpha value is -4.62. The van der Waals surface area contributed by atoms with Crippen LogP contribution in [0.3, 0.4) is 0 Å². The first-order valence-corrected chi connectivity index (χ1v) is 19.5. The Morgan fingerprint density at radius 1 is 0.759 bits per heavy atom. The molecule has 0 saturated heterocycles.